The van der Waals surface area contributed by atoms with Gasteiger partial charge in [0, 0.05) is 17.3 Å². The van der Waals surface area contributed by atoms with Crippen LogP contribution < -0.4 is 5.56 Å². The van der Waals surface area contributed by atoms with Gasteiger partial charge in [0.05, 0.1) is 0 Å². The minimum Gasteiger partial charge on any atom is -0.327 e. The second-order valence-electron chi connectivity index (χ2n) is 2.62. The Morgan fingerprint density at radius 2 is 2.42 bits per heavy atom. The molecule has 0 aromatic carbocycles. The summed E-state index contributed by atoms with van der Waals surface area (Å²) in [6.45, 7) is 2.02. The van der Waals surface area contributed by atoms with Crippen LogP contribution in [0, 0.1) is 0 Å². The molecule has 0 radical (unpaired) electrons. The summed E-state index contributed by atoms with van der Waals surface area (Å²) in [6, 6.07) is 1.86. The highest BCUT2D eigenvalue weighted by Crippen LogP contribution is 2.10. The number of nitrogens with zero attached hydrogens (tertiary/aromatic N) is 1. The Kier molecular flexibility index (Phi) is 1.46. The van der Waals surface area contributed by atoms with E-state index < -0.39 is 0 Å². The van der Waals surface area contributed by atoms with Crippen LogP contribution in [-0.2, 0) is 6.42 Å². The number of hydrogen-bond acceptors (Lipinski definition) is 2. The highest BCUT2D eigenvalue weighted by Gasteiger charge is 2.04. The highest BCUT2D eigenvalue weighted by molar-refractivity contribution is 5.79. The summed E-state index contributed by atoms with van der Waals surface area (Å²) in [4.78, 5) is 13.7. The van der Waals surface area contributed by atoms with Crippen molar-refractivity contribution in [2.75, 3.05) is 0 Å². The quantitative estimate of drug-likeness (QED) is 0.653. The monoisotopic (exact) mass is 163 g/mol. The van der Waals surface area contributed by atoms with Crippen LogP contribution >= 0.6 is 0 Å². The van der Waals surface area contributed by atoms with E-state index in [1.54, 1.807) is 6.20 Å². The lowest BCUT2D eigenvalue weighted by atomic mass is 10.2. The van der Waals surface area contributed by atoms with Gasteiger partial charge in [-0.05, 0) is 12.5 Å². The van der Waals surface area contributed by atoms with Crippen molar-refractivity contribution < 1.29 is 0 Å². The van der Waals surface area contributed by atoms with Gasteiger partial charge in [0.1, 0.15) is 0 Å². The van der Waals surface area contributed by atoms with Crippen molar-refractivity contribution >= 4 is 10.9 Å². The van der Waals surface area contributed by atoms with E-state index in [4.69, 9.17) is 0 Å². The molecule has 2 aromatic rings. The predicted octanol–water partition coefficient (Wildman–Crippen LogP) is 0.814. The van der Waals surface area contributed by atoms with Crippen LogP contribution in [0.25, 0.3) is 10.9 Å². The van der Waals surface area contributed by atoms with Crippen LogP contribution in [0.3, 0.4) is 0 Å². The average Bonchev–Trinajstić information content (AvgIpc) is 2.49. The number of H-pyrrole nitrogens is 2. The van der Waals surface area contributed by atoms with Crippen molar-refractivity contribution in [1.29, 1.82) is 0 Å². The predicted molar refractivity (Wildman–Crippen MR) is 46.1 cm³/mol. The molecule has 2 heterocycles. The van der Waals surface area contributed by atoms with Crippen molar-refractivity contribution in [3.63, 3.8) is 0 Å². The van der Waals surface area contributed by atoms with E-state index in [1.807, 2.05) is 13.0 Å². The Balaban J connectivity index is 2.89. The number of fused-ring (bicyclic) bond motifs is 1. The van der Waals surface area contributed by atoms with Crippen LogP contribution in [0.2, 0.25) is 0 Å². The van der Waals surface area contributed by atoms with E-state index in [1.165, 1.54) is 0 Å². The maximum atomic E-state index is 11.2. The number of hydrogen-bond donors (Lipinski definition) is 2. The Labute approximate surface area is 68.6 Å². The fourth-order valence-corrected chi connectivity index (χ4v) is 1.28. The minimum absolute atomic E-state index is 0.136. The molecule has 4 nitrogen and oxygen atoms in total. The van der Waals surface area contributed by atoms with Gasteiger partial charge in [-0.3, -0.25) is 9.89 Å². The lowest BCUT2D eigenvalue weighted by molar-refractivity contribution is 0.986. The van der Waals surface area contributed by atoms with Gasteiger partial charge in [0.2, 0.25) is 0 Å². The molecule has 2 N–H and O–H groups in total. The fourth-order valence-electron chi connectivity index (χ4n) is 1.28. The zero-order valence-electron chi connectivity index (χ0n) is 6.72. The molecule has 12 heavy (non-hydrogen) atoms. The van der Waals surface area contributed by atoms with Crippen molar-refractivity contribution in [2.45, 2.75) is 13.3 Å². The molecule has 0 saturated carbocycles. The molecule has 0 saturated heterocycles. The molecule has 2 rings (SSSR count). The molecule has 0 aliphatic heterocycles. The second-order valence-corrected chi connectivity index (χ2v) is 2.62. The summed E-state index contributed by atoms with van der Waals surface area (Å²) < 4.78 is 0. The first-order valence-corrected chi connectivity index (χ1v) is 3.87. The average molecular weight is 163 g/mol. The van der Waals surface area contributed by atoms with Crippen LogP contribution in [0.4, 0.5) is 0 Å². The molecule has 0 atom stereocenters. The molecule has 0 spiro atoms. The first-order valence-electron chi connectivity index (χ1n) is 3.87. The van der Waals surface area contributed by atoms with Gasteiger partial charge in [0.25, 0.3) is 5.56 Å². The van der Waals surface area contributed by atoms with Gasteiger partial charge < -0.3 is 4.98 Å². The normalized spacial score (nSPS) is 10.8. The molecule has 62 valence electrons. The van der Waals surface area contributed by atoms with E-state index in [0.29, 0.717) is 5.52 Å². The van der Waals surface area contributed by atoms with Crippen LogP contribution in [-0.4, -0.2) is 15.2 Å². The van der Waals surface area contributed by atoms with Crippen molar-refractivity contribution in [2.24, 2.45) is 0 Å². The number of aromatic amines is 2. The van der Waals surface area contributed by atoms with Gasteiger partial charge in [-0.25, -0.2) is 0 Å². The third-order valence-electron chi connectivity index (χ3n) is 1.92. The Hall–Kier alpha value is -1.58. The number of aromatic nitrogens is 3. The van der Waals surface area contributed by atoms with E-state index >= 15 is 0 Å². The molecular weight excluding hydrogens is 154 g/mol. The van der Waals surface area contributed by atoms with Crippen molar-refractivity contribution in [3.05, 3.63) is 28.3 Å². The minimum atomic E-state index is -0.136. The smallest absolute Gasteiger partial charge is 0.276 e. The summed E-state index contributed by atoms with van der Waals surface area (Å²) in [7, 11) is 0. The zero-order valence-corrected chi connectivity index (χ0v) is 6.72. The van der Waals surface area contributed by atoms with E-state index in [-0.39, 0.29) is 5.56 Å². The number of rotatable bonds is 1. The molecule has 0 aliphatic rings. The first-order chi connectivity index (χ1) is 5.83. The fraction of sp³-hybridized carbons (Fsp3) is 0.250. The first kappa shape index (κ1) is 7.09. The summed E-state index contributed by atoms with van der Waals surface area (Å²) >= 11 is 0. The van der Waals surface area contributed by atoms with Gasteiger partial charge in [-0.2, -0.15) is 5.10 Å². The molecule has 0 fully saturated rings. The summed E-state index contributed by atoms with van der Waals surface area (Å²) in [5, 5.41) is 7.67. The van der Waals surface area contributed by atoms with Crippen molar-refractivity contribution in [3.8, 4) is 0 Å². The maximum Gasteiger partial charge on any atom is 0.276 e. The molecule has 0 bridgehead atoms. The third-order valence-corrected chi connectivity index (χ3v) is 1.92. The number of aryl methyl sites for hydroxylation is 1. The summed E-state index contributed by atoms with van der Waals surface area (Å²) in [6.07, 6.45) is 2.50. The Bertz CT molecular complexity index is 455. The highest BCUT2D eigenvalue weighted by atomic mass is 16.1. The Morgan fingerprint density at radius 1 is 1.58 bits per heavy atom. The van der Waals surface area contributed by atoms with Crippen LogP contribution in [0.1, 0.15) is 12.6 Å². The van der Waals surface area contributed by atoms with E-state index in [2.05, 4.69) is 15.2 Å². The van der Waals surface area contributed by atoms with Crippen LogP contribution in [0.5, 0.6) is 0 Å². The molecule has 4 heteroatoms. The van der Waals surface area contributed by atoms with Gasteiger partial charge in [-0.15, -0.1) is 0 Å². The molecule has 0 unspecified atom stereocenters. The van der Waals surface area contributed by atoms with E-state index in [0.717, 1.165) is 17.5 Å². The summed E-state index contributed by atoms with van der Waals surface area (Å²) in [5.74, 6) is 0. The molecular formula is C8H9N3O. The SMILES string of the molecule is CCc1[nH]nc2c(=O)[nH]ccc12. The third kappa shape index (κ3) is 0.845. The maximum absolute atomic E-state index is 11.2. The largest absolute Gasteiger partial charge is 0.327 e. The lowest BCUT2D eigenvalue weighted by Gasteiger charge is -1.89. The van der Waals surface area contributed by atoms with Crippen LogP contribution in [0.15, 0.2) is 17.1 Å². The van der Waals surface area contributed by atoms with Gasteiger partial charge >= 0.3 is 0 Å². The second kappa shape index (κ2) is 2.48. The zero-order chi connectivity index (χ0) is 8.55. The molecule has 0 amide bonds. The number of nitrogens with one attached hydrogen (secondary N) is 2. The standard InChI is InChI=1S/C8H9N3O/c1-2-6-5-3-4-9-8(12)7(5)11-10-6/h3-4H,2H2,1H3,(H,9,12)(H,10,11). The molecule has 0 aliphatic carbocycles. The van der Waals surface area contributed by atoms with E-state index in [9.17, 15) is 4.79 Å². The lowest BCUT2D eigenvalue weighted by Crippen LogP contribution is -2.03. The summed E-state index contributed by atoms with van der Waals surface area (Å²) in [5.41, 5.74) is 1.37. The number of pyridine rings is 1. The van der Waals surface area contributed by atoms with Gasteiger partial charge in [0.15, 0.2) is 5.52 Å². The molecule has 2 aromatic heterocycles. The van der Waals surface area contributed by atoms with Gasteiger partial charge in [-0.1, -0.05) is 6.92 Å². The Morgan fingerprint density at radius 3 is 3.17 bits per heavy atom. The van der Waals surface area contributed by atoms with Crippen molar-refractivity contribution in [1.82, 2.24) is 15.2 Å². The topological polar surface area (TPSA) is 61.5 Å².